The van der Waals surface area contributed by atoms with Gasteiger partial charge in [0.05, 0.1) is 34.9 Å². The minimum atomic E-state index is -0.210. The Balaban J connectivity index is 0.000000150. The highest BCUT2D eigenvalue weighted by molar-refractivity contribution is 6.00. The number of fused-ring (bicyclic) bond motifs is 2. The maximum atomic E-state index is 11.5. The molecule has 5 heterocycles. The van der Waals surface area contributed by atoms with Gasteiger partial charge >= 0.3 is 0 Å². The Bertz CT molecular complexity index is 3420. The van der Waals surface area contributed by atoms with Gasteiger partial charge in [-0.05, 0) is 85.0 Å². The van der Waals surface area contributed by atoms with Crippen molar-refractivity contribution in [3.63, 3.8) is 0 Å². The maximum absolute atomic E-state index is 11.5. The molecular formula is C57H48N8O3. The first kappa shape index (κ1) is 42.5. The number of amides is 1. The van der Waals surface area contributed by atoms with Crippen molar-refractivity contribution in [1.82, 2.24) is 24.9 Å². The van der Waals surface area contributed by atoms with E-state index in [1.165, 1.54) is 25.3 Å². The molecule has 10 aromatic rings. The lowest BCUT2D eigenvalue weighted by Crippen LogP contribution is -2.43. The van der Waals surface area contributed by atoms with E-state index in [0.717, 1.165) is 98.5 Å². The summed E-state index contributed by atoms with van der Waals surface area (Å²) in [4.78, 5) is 34.9. The second-order valence-corrected chi connectivity index (χ2v) is 17.8. The highest BCUT2D eigenvalue weighted by atomic mass is 16.3. The summed E-state index contributed by atoms with van der Waals surface area (Å²) in [5.41, 5.74) is 27.2. The average molecular weight is 893 g/mol. The molecule has 11 nitrogen and oxygen atoms in total. The van der Waals surface area contributed by atoms with E-state index in [1.807, 2.05) is 72.8 Å². The topological polar surface area (TPSA) is 172 Å². The third-order valence-corrected chi connectivity index (χ3v) is 13.3. The molecule has 0 unspecified atom stereocenters. The van der Waals surface area contributed by atoms with Gasteiger partial charge in [0.25, 0.3) is 0 Å². The lowest BCUT2D eigenvalue weighted by Gasteiger charge is -2.38. The van der Waals surface area contributed by atoms with Crippen molar-refractivity contribution in [2.45, 2.75) is 56.5 Å². The fourth-order valence-corrected chi connectivity index (χ4v) is 9.25. The van der Waals surface area contributed by atoms with Crippen molar-refractivity contribution in [3.05, 3.63) is 182 Å². The lowest BCUT2D eigenvalue weighted by atomic mass is 9.72. The number of benzene rings is 5. The van der Waals surface area contributed by atoms with E-state index in [4.69, 9.17) is 30.3 Å². The van der Waals surface area contributed by atoms with Crippen molar-refractivity contribution < 1.29 is 13.6 Å². The van der Waals surface area contributed by atoms with Crippen LogP contribution in [0.3, 0.4) is 0 Å². The summed E-state index contributed by atoms with van der Waals surface area (Å²) in [6.45, 7) is 1.49. The molecule has 0 aliphatic heterocycles. The Kier molecular flexibility index (Phi) is 11.0. The second-order valence-electron chi connectivity index (χ2n) is 17.8. The third-order valence-electron chi connectivity index (χ3n) is 13.3. The van der Waals surface area contributed by atoms with E-state index in [-0.39, 0.29) is 17.0 Å². The van der Waals surface area contributed by atoms with Crippen LogP contribution >= 0.6 is 0 Å². The molecule has 0 bridgehead atoms. The van der Waals surface area contributed by atoms with E-state index >= 15 is 0 Å². The predicted octanol–water partition coefficient (Wildman–Crippen LogP) is 12.5. The number of aromatic nitrogens is 5. The standard InChI is InChI=1S/C30H26N4O2.C27H22N4O/c1-19(35)33-24-10-5-9-22(17-24)25-18-32-29-27(34-25)26(20-7-3-2-4-8-20)28(36-29)21-11-13-23(14-12-21)30(31)15-6-16-30;28-27(13-5-14-27)21-11-9-19(10-12-21)25-23(18-6-2-1-3-7-18)24-26(32-25)30-17-22(31-24)20-8-4-15-29-16-20/h2-5,7-14,17-18H,6,15-16,31H2,1H3,(H,33,35);1-4,6-12,15-17H,5,13-14,28H2. The van der Waals surface area contributed by atoms with Crippen molar-refractivity contribution >= 4 is 34.1 Å². The Labute approximate surface area is 393 Å². The number of hydrogen-bond acceptors (Lipinski definition) is 10. The summed E-state index contributed by atoms with van der Waals surface area (Å²) in [6, 6.07) is 48.5. The zero-order valence-electron chi connectivity index (χ0n) is 37.5. The largest absolute Gasteiger partial charge is 0.436 e. The van der Waals surface area contributed by atoms with Crippen LogP contribution in [0, 0.1) is 0 Å². The molecular weight excluding hydrogens is 845 g/mol. The van der Waals surface area contributed by atoms with E-state index in [0.29, 0.717) is 28.3 Å². The minimum Gasteiger partial charge on any atom is -0.436 e. The molecule has 2 aliphatic carbocycles. The summed E-state index contributed by atoms with van der Waals surface area (Å²) in [5.74, 6) is 1.37. The summed E-state index contributed by atoms with van der Waals surface area (Å²) in [7, 11) is 0. The molecule has 12 rings (SSSR count). The van der Waals surface area contributed by atoms with Crippen LogP contribution in [0.1, 0.15) is 56.6 Å². The van der Waals surface area contributed by atoms with Gasteiger partial charge in [-0.1, -0.05) is 121 Å². The molecule has 0 spiro atoms. The predicted molar refractivity (Wildman–Crippen MR) is 268 cm³/mol. The van der Waals surface area contributed by atoms with Crippen LogP contribution in [-0.2, 0) is 15.9 Å². The first-order valence-corrected chi connectivity index (χ1v) is 23.0. The van der Waals surface area contributed by atoms with Crippen LogP contribution in [0.4, 0.5) is 5.69 Å². The number of nitrogens with zero attached hydrogens (tertiary/aromatic N) is 5. The molecule has 334 valence electrons. The van der Waals surface area contributed by atoms with Gasteiger partial charge in [-0.3, -0.25) is 9.78 Å². The number of carbonyl (C=O) groups excluding carboxylic acids is 1. The number of rotatable bonds is 9. The molecule has 0 atom stereocenters. The zero-order chi connectivity index (χ0) is 46.2. The smallest absolute Gasteiger partial charge is 0.246 e. The van der Waals surface area contributed by atoms with Gasteiger partial charge in [0, 0.05) is 58.3 Å². The average Bonchev–Trinajstić information content (AvgIpc) is 3.95. The molecule has 0 radical (unpaired) electrons. The highest BCUT2D eigenvalue weighted by Gasteiger charge is 2.35. The summed E-state index contributed by atoms with van der Waals surface area (Å²) in [6.07, 6.45) is 13.5. The number of anilines is 1. The lowest BCUT2D eigenvalue weighted by molar-refractivity contribution is -0.114. The summed E-state index contributed by atoms with van der Waals surface area (Å²) in [5, 5.41) is 2.82. The van der Waals surface area contributed by atoms with Gasteiger partial charge in [0.1, 0.15) is 22.6 Å². The number of nitrogens with one attached hydrogen (secondary N) is 1. The van der Waals surface area contributed by atoms with Crippen LogP contribution in [-0.4, -0.2) is 30.8 Å². The normalized spacial score (nSPS) is 14.6. The molecule has 0 saturated heterocycles. The molecule has 11 heteroatoms. The van der Waals surface area contributed by atoms with E-state index < -0.39 is 0 Å². The van der Waals surface area contributed by atoms with Crippen molar-refractivity contribution in [2.24, 2.45) is 11.5 Å². The zero-order valence-corrected chi connectivity index (χ0v) is 37.5. The SMILES string of the molecule is CC(=O)Nc1cccc(-c2cnc3oc(-c4ccc(C5(N)CCC5)cc4)c(-c4ccccc4)c3n2)c1.NC1(c2ccc(-c3oc4ncc(-c5cccnc5)nc4c3-c3ccccc3)cc2)CCC1. The summed E-state index contributed by atoms with van der Waals surface area (Å²) < 4.78 is 12.6. The van der Waals surface area contributed by atoms with Gasteiger partial charge in [-0.25, -0.2) is 19.9 Å². The Hall–Kier alpha value is -8.12. The molecule has 2 fully saturated rings. The molecule has 1 amide bonds. The molecule has 5 aromatic carbocycles. The number of hydrogen-bond donors (Lipinski definition) is 3. The Morgan fingerprint density at radius 3 is 1.44 bits per heavy atom. The van der Waals surface area contributed by atoms with Gasteiger partial charge in [0.2, 0.25) is 17.3 Å². The van der Waals surface area contributed by atoms with Gasteiger partial charge < -0.3 is 25.6 Å². The third kappa shape index (κ3) is 8.12. The van der Waals surface area contributed by atoms with Gasteiger partial charge in [-0.2, -0.15) is 0 Å². The Morgan fingerprint density at radius 1 is 0.529 bits per heavy atom. The van der Waals surface area contributed by atoms with Crippen LogP contribution in [0.15, 0.2) is 179 Å². The highest BCUT2D eigenvalue weighted by Crippen LogP contribution is 2.45. The van der Waals surface area contributed by atoms with Gasteiger partial charge in [0.15, 0.2) is 0 Å². The first-order chi connectivity index (χ1) is 33.2. The van der Waals surface area contributed by atoms with Crippen molar-refractivity contribution in [2.75, 3.05) is 5.32 Å². The number of furan rings is 2. The van der Waals surface area contributed by atoms with Crippen LogP contribution in [0.5, 0.6) is 0 Å². The van der Waals surface area contributed by atoms with Crippen molar-refractivity contribution in [3.8, 4) is 67.4 Å². The first-order valence-electron chi connectivity index (χ1n) is 23.0. The number of carbonyl (C=O) groups is 1. The fourth-order valence-electron chi connectivity index (χ4n) is 9.25. The Morgan fingerprint density at radius 2 is 1.00 bits per heavy atom. The van der Waals surface area contributed by atoms with Crippen LogP contribution in [0.25, 0.3) is 89.9 Å². The molecule has 5 aromatic heterocycles. The van der Waals surface area contributed by atoms with Crippen LogP contribution < -0.4 is 16.8 Å². The fraction of sp³-hybridized carbons (Fsp3) is 0.158. The van der Waals surface area contributed by atoms with E-state index in [2.05, 4.69) is 93.1 Å². The van der Waals surface area contributed by atoms with E-state index in [1.54, 1.807) is 24.8 Å². The maximum Gasteiger partial charge on any atom is 0.246 e. The van der Waals surface area contributed by atoms with Crippen LogP contribution in [0.2, 0.25) is 0 Å². The quantitative estimate of drug-likeness (QED) is 0.127. The minimum absolute atomic E-state index is 0.122. The molecule has 2 saturated carbocycles. The van der Waals surface area contributed by atoms with Gasteiger partial charge in [-0.15, -0.1) is 0 Å². The molecule has 68 heavy (non-hydrogen) atoms. The second kappa shape index (κ2) is 17.6. The monoisotopic (exact) mass is 892 g/mol. The van der Waals surface area contributed by atoms with E-state index in [9.17, 15) is 4.79 Å². The summed E-state index contributed by atoms with van der Waals surface area (Å²) >= 11 is 0. The number of nitrogens with two attached hydrogens (primary N) is 2. The van der Waals surface area contributed by atoms with Crippen molar-refractivity contribution in [1.29, 1.82) is 0 Å². The molecule has 2 aliphatic rings. The molecule has 5 N–H and O–H groups in total. The number of pyridine rings is 1.